The van der Waals surface area contributed by atoms with E-state index in [2.05, 4.69) is 5.32 Å². The molecule has 1 N–H and O–H groups in total. The molecular weight excluding hydrogens is 312 g/mol. The number of hydrogen-bond acceptors (Lipinski definition) is 5. The normalized spacial score (nSPS) is 11.6. The van der Waals surface area contributed by atoms with Gasteiger partial charge in [-0.05, 0) is 23.8 Å². The molecule has 0 bridgehead atoms. The van der Waals surface area contributed by atoms with E-state index >= 15 is 0 Å². The van der Waals surface area contributed by atoms with Crippen molar-refractivity contribution in [2.24, 2.45) is 0 Å². The molecule has 0 aliphatic heterocycles. The minimum Gasteiger partial charge on any atom is -0.383 e. The van der Waals surface area contributed by atoms with Crippen molar-refractivity contribution in [3.05, 3.63) is 28.8 Å². The lowest BCUT2D eigenvalue weighted by Gasteiger charge is -2.22. The molecule has 0 atom stereocenters. The van der Waals surface area contributed by atoms with Crippen molar-refractivity contribution in [3.63, 3.8) is 0 Å². The summed E-state index contributed by atoms with van der Waals surface area (Å²) in [5.74, 6) is 0.128. The zero-order valence-corrected chi connectivity index (χ0v) is 14.3. The predicted octanol–water partition coefficient (Wildman–Crippen LogP) is 1.56. The quantitative estimate of drug-likeness (QED) is 0.694. The van der Waals surface area contributed by atoms with Crippen molar-refractivity contribution >= 4 is 27.1 Å². The average Bonchev–Trinajstić information content (AvgIpc) is 2.40. The molecule has 0 aliphatic carbocycles. The molecule has 1 aromatic rings. The van der Waals surface area contributed by atoms with Crippen LogP contribution in [0.1, 0.15) is 5.56 Å². The maximum atomic E-state index is 11.3. The molecule has 7 heteroatoms. The molecule has 0 aliphatic rings. The molecule has 1 aromatic carbocycles. The van der Waals surface area contributed by atoms with Crippen LogP contribution in [0.5, 0.6) is 0 Å². The zero-order valence-electron chi connectivity index (χ0n) is 12.7. The van der Waals surface area contributed by atoms with E-state index in [-0.39, 0.29) is 5.75 Å². The van der Waals surface area contributed by atoms with Gasteiger partial charge in [0.15, 0.2) is 0 Å². The van der Waals surface area contributed by atoms with Crippen LogP contribution in [-0.2, 0) is 21.1 Å². The van der Waals surface area contributed by atoms with Crippen molar-refractivity contribution in [2.75, 3.05) is 50.8 Å². The SMILES string of the molecule is COCCNCc1cc(Cl)ccc1N(C)CCS(C)(=O)=O. The van der Waals surface area contributed by atoms with Gasteiger partial charge in [-0.3, -0.25) is 0 Å². The summed E-state index contributed by atoms with van der Waals surface area (Å²) in [6.45, 7) is 2.49. The fourth-order valence-corrected chi connectivity index (χ4v) is 2.69. The second-order valence-corrected chi connectivity index (χ2v) is 7.69. The first-order chi connectivity index (χ1) is 9.83. The van der Waals surface area contributed by atoms with Crippen molar-refractivity contribution in [1.29, 1.82) is 0 Å². The van der Waals surface area contributed by atoms with Crippen molar-refractivity contribution < 1.29 is 13.2 Å². The first-order valence-corrected chi connectivity index (χ1v) is 9.14. The Labute approximate surface area is 132 Å². The highest BCUT2D eigenvalue weighted by Crippen LogP contribution is 2.23. The number of methoxy groups -OCH3 is 1. The molecule has 5 nitrogen and oxygen atoms in total. The molecular formula is C14H23ClN2O3S. The Balaban J connectivity index is 2.75. The topological polar surface area (TPSA) is 58.6 Å². The molecule has 0 heterocycles. The van der Waals surface area contributed by atoms with Gasteiger partial charge in [-0.2, -0.15) is 0 Å². The average molecular weight is 335 g/mol. The molecule has 0 aromatic heterocycles. The lowest BCUT2D eigenvalue weighted by Crippen LogP contribution is -2.27. The Kier molecular flexibility index (Phi) is 7.45. The van der Waals surface area contributed by atoms with Crippen LogP contribution < -0.4 is 10.2 Å². The Morgan fingerprint density at radius 2 is 2.10 bits per heavy atom. The van der Waals surface area contributed by atoms with Crippen LogP contribution in [0.15, 0.2) is 18.2 Å². The summed E-state index contributed by atoms with van der Waals surface area (Å²) < 4.78 is 27.5. The first kappa shape index (κ1) is 18.2. The Morgan fingerprint density at radius 3 is 2.71 bits per heavy atom. The van der Waals surface area contributed by atoms with E-state index in [1.54, 1.807) is 7.11 Å². The summed E-state index contributed by atoms with van der Waals surface area (Å²) in [6, 6.07) is 5.62. The summed E-state index contributed by atoms with van der Waals surface area (Å²) in [5.41, 5.74) is 2.02. The Hall–Kier alpha value is -0.820. The number of rotatable bonds is 9. The standard InChI is InChI=1S/C14H23ClN2O3S/c1-17(7-9-21(3,18)19)14-5-4-13(15)10-12(14)11-16-6-8-20-2/h4-5,10,16H,6-9,11H2,1-3H3. The highest BCUT2D eigenvalue weighted by molar-refractivity contribution is 7.90. The molecule has 120 valence electrons. The minimum absolute atomic E-state index is 0.128. The Morgan fingerprint density at radius 1 is 1.38 bits per heavy atom. The van der Waals surface area contributed by atoms with Crippen LogP contribution in [0.3, 0.4) is 0 Å². The molecule has 21 heavy (non-hydrogen) atoms. The molecule has 0 fully saturated rings. The molecule has 0 spiro atoms. The van der Waals surface area contributed by atoms with E-state index in [1.165, 1.54) is 6.26 Å². The molecule has 0 radical (unpaired) electrons. The number of ether oxygens (including phenoxy) is 1. The second kappa shape index (κ2) is 8.58. The van der Waals surface area contributed by atoms with Crippen LogP contribution in [-0.4, -0.2) is 54.3 Å². The van der Waals surface area contributed by atoms with E-state index in [0.29, 0.717) is 24.7 Å². The van der Waals surface area contributed by atoms with Crippen molar-refractivity contribution in [1.82, 2.24) is 5.32 Å². The van der Waals surface area contributed by atoms with E-state index in [1.807, 2.05) is 30.1 Å². The molecule has 1 rings (SSSR count). The van der Waals surface area contributed by atoms with Gasteiger partial charge in [0.1, 0.15) is 9.84 Å². The lowest BCUT2D eigenvalue weighted by atomic mass is 10.1. The van der Waals surface area contributed by atoms with E-state index in [0.717, 1.165) is 17.8 Å². The van der Waals surface area contributed by atoms with Crippen LogP contribution in [0.25, 0.3) is 0 Å². The van der Waals surface area contributed by atoms with Gasteiger partial charge in [0, 0.05) is 50.8 Å². The van der Waals surface area contributed by atoms with Crippen LogP contribution >= 0.6 is 11.6 Å². The van der Waals surface area contributed by atoms with E-state index < -0.39 is 9.84 Å². The van der Waals surface area contributed by atoms with Crippen molar-refractivity contribution in [3.8, 4) is 0 Å². The highest BCUT2D eigenvalue weighted by Gasteiger charge is 2.11. The summed E-state index contributed by atoms with van der Waals surface area (Å²) in [5, 5.41) is 3.93. The molecule has 0 saturated heterocycles. The molecule has 0 unspecified atom stereocenters. The van der Waals surface area contributed by atoms with Crippen LogP contribution in [0.4, 0.5) is 5.69 Å². The largest absolute Gasteiger partial charge is 0.383 e. The van der Waals surface area contributed by atoms with Gasteiger partial charge in [-0.15, -0.1) is 0 Å². The monoisotopic (exact) mass is 334 g/mol. The van der Waals surface area contributed by atoms with Gasteiger partial charge in [0.2, 0.25) is 0 Å². The van der Waals surface area contributed by atoms with Gasteiger partial charge in [0.25, 0.3) is 0 Å². The number of hydrogen-bond donors (Lipinski definition) is 1. The summed E-state index contributed by atoms with van der Waals surface area (Å²) in [7, 11) is 0.568. The number of halogens is 1. The fraction of sp³-hybridized carbons (Fsp3) is 0.571. The Bertz CT molecular complexity index is 549. The first-order valence-electron chi connectivity index (χ1n) is 6.70. The second-order valence-electron chi connectivity index (χ2n) is 4.99. The fourth-order valence-electron chi connectivity index (χ4n) is 1.89. The number of anilines is 1. The zero-order chi connectivity index (χ0) is 15.9. The van der Waals surface area contributed by atoms with E-state index in [9.17, 15) is 8.42 Å². The maximum absolute atomic E-state index is 11.3. The number of nitrogens with one attached hydrogen (secondary N) is 1. The van der Waals surface area contributed by atoms with Crippen LogP contribution in [0.2, 0.25) is 5.02 Å². The van der Waals surface area contributed by atoms with E-state index in [4.69, 9.17) is 16.3 Å². The smallest absolute Gasteiger partial charge is 0.149 e. The van der Waals surface area contributed by atoms with Crippen LogP contribution in [0, 0.1) is 0 Å². The highest BCUT2D eigenvalue weighted by atomic mass is 35.5. The van der Waals surface area contributed by atoms with Gasteiger partial charge in [0.05, 0.1) is 12.4 Å². The predicted molar refractivity (Wildman–Crippen MR) is 88.0 cm³/mol. The van der Waals surface area contributed by atoms with Gasteiger partial charge < -0.3 is 15.0 Å². The summed E-state index contributed by atoms with van der Waals surface area (Å²) in [4.78, 5) is 1.94. The van der Waals surface area contributed by atoms with Crippen molar-refractivity contribution in [2.45, 2.75) is 6.54 Å². The third kappa shape index (κ3) is 7.13. The molecule has 0 amide bonds. The maximum Gasteiger partial charge on any atom is 0.149 e. The number of nitrogens with zero attached hydrogens (tertiary/aromatic N) is 1. The van der Waals surface area contributed by atoms with Gasteiger partial charge in [-0.1, -0.05) is 11.6 Å². The lowest BCUT2D eigenvalue weighted by molar-refractivity contribution is 0.199. The third-order valence-electron chi connectivity index (χ3n) is 3.05. The molecule has 0 saturated carbocycles. The van der Waals surface area contributed by atoms with Gasteiger partial charge in [-0.25, -0.2) is 8.42 Å². The van der Waals surface area contributed by atoms with Gasteiger partial charge >= 0.3 is 0 Å². The third-order valence-corrected chi connectivity index (χ3v) is 4.21. The number of sulfone groups is 1. The summed E-state index contributed by atoms with van der Waals surface area (Å²) in [6.07, 6.45) is 1.25. The number of benzene rings is 1. The minimum atomic E-state index is -2.97. The summed E-state index contributed by atoms with van der Waals surface area (Å²) >= 11 is 6.04.